The molecule has 0 radical (unpaired) electrons. The minimum absolute atomic E-state index is 0.260. The largest absolute Gasteiger partial charge is 0.383 e. The third-order valence-corrected chi connectivity index (χ3v) is 3.45. The molecule has 0 aromatic carbocycles. The van der Waals surface area contributed by atoms with Crippen LogP contribution < -0.4 is 16.4 Å². The summed E-state index contributed by atoms with van der Waals surface area (Å²) in [7, 11) is 1.55. The van der Waals surface area contributed by atoms with Crippen LogP contribution in [0.25, 0.3) is 0 Å². The molecule has 1 aromatic heterocycles. The maximum atomic E-state index is 11.9. The van der Waals surface area contributed by atoms with Crippen LogP contribution >= 0.6 is 11.3 Å². The van der Waals surface area contributed by atoms with Crippen LogP contribution in [0, 0.1) is 0 Å². The van der Waals surface area contributed by atoms with E-state index in [0.717, 1.165) is 4.88 Å². The van der Waals surface area contributed by atoms with Gasteiger partial charge in [0.1, 0.15) is 12.1 Å². The number of nitrogens with two attached hydrogens (primary N) is 1. The molecule has 19 heavy (non-hydrogen) atoms. The van der Waals surface area contributed by atoms with Gasteiger partial charge < -0.3 is 21.1 Å². The Kier molecular flexibility index (Phi) is 6.48. The van der Waals surface area contributed by atoms with Gasteiger partial charge in [-0.2, -0.15) is 0 Å². The molecule has 0 spiro atoms. The molecule has 0 saturated carbocycles. The van der Waals surface area contributed by atoms with Crippen molar-refractivity contribution in [1.82, 2.24) is 10.6 Å². The van der Waals surface area contributed by atoms with E-state index in [-0.39, 0.29) is 11.8 Å². The van der Waals surface area contributed by atoms with Gasteiger partial charge in [-0.25, -0.2) is 0 Å². The summed E-state index contributed by atoms with van der Waals surface area (Å²) in [4.78, 5) is 24.3. The Labute approximate surface area is 116 Å². The second-order valence-corrected chi connectivity index (χ2v) is 4.99. The van der Waals surface area contributed by atoms with Gasteiger partial charge in [0.2, 0.25) is 11.8 Å². The molecule has 106 valence electrons. The molecule has 0 aliphatic heterocycles. The van der Waals surface area contributed by atoms with Crippen molar-refractivity contribution in [3.63, 3.8) is 0 Å². The van der Waals surface area contributed by atoms with Crippen LogP contribution in [0.15, 0.2) is 17.5 Å². The van der Waals surface area contributed by atoms with E-state index >= 15 is 0 Å². The Bertz CT molecular complexity index is 408. The SMILES string of the molecule is COCCNC(=O)C(C)NC(=O)C(N)c1cccs1. The molecule has 0 saturated heterocycles. The lowest BCUT2D eigenvalue weighted by atomic mass is 10.2. The van der Waals surface area contributed by atoms with Crippen LogP contribution in [-0.4, -0.2) is 38.1 Å². The maximum Gasteiger partial charge on any atom is 0.242 e. The van der Waals surface area contributed by atoms with Crippen LogP contribution in [0.4, 0.5) is 0 Å². The highest BCUT2D eigenvalue weighted by Gasteiger charge is 2.21. The summed E-state index contributed by atoms with van der Waals surface area (Å²) in [5.74, 6) is -0.624. The topological polar surface area (TPSA) is 93.5 Å². The third kappa shape index (κ3) is 4.98. The number of hydrogen-bond donors (Lipinski definition) is 3. The molecular formula is C12H19N3O3S. The fourth-order valence-corrected chi connectivity index (χ4v) is 2.12. The van der Waals surface area contributed by atoms with E-state index < -0.39 is 12.1 Å². The van der Waals surface area contributed by atoms with Crippen LogP contribution in [0.5, 0.6) is 0 Å². The predicted molar refractivity (Wildman–Crippen MR) is 73.7 cm³/mol. The van der Waals surface area contributed by atoms with Crippen LogP contribution in [0.2, 0.25) is 0 Å². The monoisotopic (exact) mass is 285 g/mol. The fourth-order valence-electron chi connectivity index (χ4n) is 1.40. The number of ether oxygens (including phenoxy) is 1. The molecule has 1 aromatic rings. The van der Waals surface area contributed by atoms with Crippen molar-refractivity contribution in [3.05, 3.63) is 22.4 Å². The lowest BCUT2D eigenvalue weighted by molar-refractivity contribution is -0.129. The number of rotatable bonds is 7. The summed E-state index contributed by atoms with van der Waals surface area (Å²) in [6.45, 7) is 2.45. The van der Waals surface area contributed by atoms with Crippen LogP contribution in [-0.2, 0) is 14.3 Å². The van der Waals surface area contributed by atoms with Gasteiger partial charge in [0, 0.05) is 18.5 Å². The molecule has 2 atom stereocenters. The van der Waals surface area contributed by atoms with Crippen LogP contribution in [0.1, 0.15) is 17.8 Å². The van der Waals surface area contributed by atoms with Crippen molar-refractivity contribution in [2.75, 3.05) is 20.3 Å². The zero-order chi connectivity index (χ0) is 14.3. The Morgan fingerprint density at radius 3 is 2.79 bits per heavy atom. The summed E-state index contributed by atoms with van der Waals surface area (Å²) in [5, 5.41) is 7.08. The zero-order valence-electron chi connectivity index (χ0n) is 11.0. The van der Waals surface area contributed by atoms with E-state index in [2.05, 4.69) is 10.6 Å². The lowest BCUT2D eigenvalue weighted by Gasteiger charge is -2.16. The first-order valence-corrected chi connectivity index (χ1v) is 6.80. The minimum atomic E-state index is -0.741. The highest BCUT2D eigenvalue weighted by Crippen LogP contribution is 2.16. The number of carbonyl (C=O) groups excluding carboxylic acids is 2. The molecule has 2 unspecified atom stereocenters. The van der Waals surface area contributed by atoms with E-state index in [4.69, 9.17) is 10.5 Å². The Hall–Kier alpha value is -1.44. The molecular weight excluding hydrogens is 266 g/mol. The van der Waals surface area contributed by atoms with E-state index in [1.807, 2.05) is 11.4 Å². The maximum absolute atomic E-state index is 11.9. The van der Waals surface area contributed by atoms with E-state index in [1.165, 1.54) is 11.3 Å². The van der Waals surface area contributed by atoms with E-state index in [9.17, 15) is 9.59 Å². The van der Waals surface area contributed by atoms with E-state index in [1.54, 1.807) is 20.1 Å². The number of carbonyl (C=O) groups is 2. The molecule has 0 fully saturated rings. The normalized spacial score (nSPS) is 13.6. The van der Waals surface area contributed by atoms with Crippen molar-refractivity contribution < 1.29 is 14.3 Å². The average Bonchev–Trinajstić information content (AvgIpc) is 2.91. The van der Waals surface area contributed by atoms with Gasteiger partial charge in [0.25, 0.3) is 0 Å². The Morgan fingerprint density at radius 1 is 1.47 bits per heavy atom. The standard InChI is InChI=1S/C12H19N3O3S/c1-8(11(16)14-5-6-18-2)15-12(17)10(13)9-4-3-7-19-9/h3-4,7-8,10H,5-6,13H2,1-2H3,(H,14,16)(H,15,17). The first-order chi connectivity index (χ1) is 9.06. The van der Waals surface area contributed by atoms with Gasteiger partial charge in [0.05, 0.1) is 6.61 Å². The number of nitrogens with one attached hydrogen (secondary N) is 2. The summed E-state index contributed by atoms with van der Waals surface area (Å²) in [6, 6.07) is 2.25. The third-order valence-electron chi connectivity index (χ3n) is 2.49. The van der Waals surface area contributed by atoms with Gasteiger partial charge in [0.15, 0.2) is 0 Å². The number of hydrogen-bond acceptors (Lipinski definition) is 5. The summed E-state index contributed by atoms with van der Waals surface area (Å²) >= 11 is 1.41. The fraction of sp³-hybridized carbons (Fsp3) is 0.500. The Balaban J connectivity index is 2.41. The Morgan fingerprint density at radius 2 is 2.21 bits per heavy atom. The van der Waals surface area contributed by atoms with Crippen molar-refractivity contribution in [3.8, 4) is 0 Å². The smallest absolute Gasteiger partial charge is 0.242 e. The van der Waals surface area contributed by atoms with Gasteiger partial charge in [-0.3, -0.25) is 9.59 Å². The highest BCUT2D eigenvalue weighted by molar-refractivity contribution is 7.10. The van der Waals surface area contributed by atoms with Crippen molar-refractivity contribution >= 4 is 23.2 Å². The van der Waals surface area contributed by atoms with Crippen molar-refractivity contribution in [1.29, 1.82) is 0 Å². The van der Waals surface area contributed by atoms with E-state index in [0.29, 0.717) is 13.2 Å². The second-order valence-electron chi connectivity index (χ2n) is 4.01. The number of amides is 2. The summed E-state index contributed by atoms with van der Waals surface area (Å²) in [5.41, 5.74) is 5.80. The van der Waals surface area contributed by atoms with Gasteiger partial charge >= 0.3 is 0 Å². The van der Waals surface area contributed by atoms with Crippen LogP contribution in [0.3, 0.4) is 0 Å². The van der Waals surface area contributed by atoms with Crippen molar-refractivity contribution in [2.24, 2.45) is 5.73 Å². The molecule has 0 aliphatic rings. The van der Waals surface area contributed by atoms with Gasteiger partial charge in [-0.15, -0.1) is 11.3 Å². The predicted octanol–water partition coefficient (Wildman–Crippen LogP) is 0.0152. The summed E-state index contributed by atoms with van der Waals surface area (Å²) < 4.78 is 4.82. The second kappa shape index (κ2) is 7.88. The molecule has 2 amide bonds. The molecule has 6 nitrogen and oxygen atoms in total. The molecule has 0 aliphatic carbocycles. The quantitative estimate of drug-likeness (QED) is 0.615. The molecule has 1 rings (SSSR count). The average molecular weight is 285 g/mol. The highest BCUT2D eigenvalue weighted by atomic mass is 32.1. The molecule has 1 heterocycles. The molecule has 7 heteroatoms. The van der Waals surface area contributed by atoms with Crippen molar-refractivity contribution in [2.45, 2.75) is 19.0 Å². The number of thiophene rings is 1. The minimum Gasteiger partial charge on any atom is -0.383 e. The molecule has 0 bridgehead atoms. The van der Waals surface area contributed by atoms with Gasteiger partial charge in [-0.05, 0) is 18.4 Å². The number of methoxy groups -OCH3 is 1. The molecule has 4 N–H and O–H groups in total. The first-order valence-electron chi connectivity index (χ1n) is 5.92. The van der Waals surface area contributed by atoms with Gasteiger partial charge in [-0.1, -0.05) is 6.07 Å². The summed E-state index contributed by atoms with van der Waals surface area (Å²) in [6.07, 6.45) is 0. The lowest BCUT2D eigenvalue weighted by Crippen LogP contribution is -2.48. The first kappa shape index (κ1) is 15.6. The zero-order valence-corrected chi connectivity index (χ0v) is 11.8.